The largest absolute Gasteiger partial charge is 0.271 e. The normalized spacial score (nSPS) is 13.1. The molecule has 8 heteroatoms. The minimum Gasteiger partial charge on any atom is -0.271 e. The number of halogens is 1. The van der Waals surface area contributed by atoms with E-state index in [0.29, 0.717) is 10.7 Å². The molecular formula is C20H24ClN3O3S. The Morgan fingerprint density at radius 1 is 1.14 bits per heavy atom. The van der Waals surface area contributed by atoms with Crippen LogP contribution in [-0.4, -0.2) is 26.6 Å². The third-order valence-electron chi connectivity index (χ3n) is 4.42. The molecule has 0 heterocycles. The maximum atomic E-state index is 13.1. The number of hydrazone groups is 1. The van der Waals surface area contributed by atoms with Crippen LogP contribution >= 0.6 is 11.6 Å². The summed E-state index contributed by atoms with van der Waals surface area (Å²) >= 11 is 5.92. The fourth-order valence-electron chi connectivity index (χ4n) is 2.36. The number of anilines is 1. The standard InChI is InChI=1S/C20H24ClN3O3S/c1-4-15(2)16(3)22-23-20(25)14-24(18-12-10-17(21)11-13-18)28(26,27)19-8-6-5-7-9-19/h5-13,15H,4,14H2,1-3H3,(H,23,25)/b22-16-/t15-/m0/s1. The third kappa shape index (κ3) is 5.56. The number of nitrogens with zero attached hydrogens (tertiary/aromatic N) is 2. The quantitative estimate of drug-likeness (QED) is 0.515. The summed E-state index contributed by atoms with van der Waals surface area (Å²) in [5.41, 5.74) is 3.57. The van der Waals surface area contributed by atoms with Crippen LogP contribution in [0.4, 0.5) is 5.69 Å². The van der Waals surface area contributed by atoms with Gasteiger partial charge < -0.3 is 0 Å². The van der Waals surface area contributed by atoms with Gasteiger partial charge in [0.1, 0.15) is 6.54 Å². The molecule has 0 unspecified atom stereocenters. The van der Waals surface area contributed by atoms with Gasteiger partial charge in [0.25, 0.3) is 15.9 Å². The van der Waals surface area contributed by atoms with Gasteiger partial charge in [-0.15, -0.1) is 0 Å². The SMILES string of the molecule is CC[C@H](C)/C(C)=N\NC(=O)CN(c1ccc(Cl)cc1)S(=O)(=O)c1ccccc1. The highest BCUT2D eigenvalue weighted by atomic mass is 35.5. The molecule has 1 N–H and O–H groups in total. The number of sulfonamides is 1. The van der Waals surface area contributed by atoms with Crippen LogP contribution in [0.1, 0.15) is 27.2 Å². The summed E-state index contributed by atoms with van der Waals surface area (Å²) in [6, 6.07) is 14.2. The van der Waals surface area contributed by atoms with Gasteiger partial charge in [0.05, 0.1) is 10.6 Å². The lowest BCUT2D eigenvalue weighted by Crippen LogP contribution is -2.39. The number of nitrogens with one attached hydrogen (secondary N) is 1. The predicted molar refractivity (Wildman–Crippen MR) is 113 cm³/mol. The molecule has 2 aromatic carbocycles. The molecule has 28 heavy (non-hydrogen) atoms. The van der Waals surface area contributed by atoms with Crippen LogP contribution in [-0.2, 0) is 14.8 Å². The number of rotatable bonds is 8. The van der Waals surface area contributed by atoms with Crippen LogP contribution in [0, 0.1) is 5.92 Å². The lowest BCUT2D eigenvalue weighted by Gasteiger charge is -2.23. The van der Waals surface area contributed by atoms with Crippen molar-refractivity contribution in [2.45, 2.75) is 32.1 Å². The summed E-state index contributed by atoms with van der Waals surface area (Å²) in [6.45, 7) is 5.45. The Morgan fingerprint density at radius 2 is 1.75 bits per heavy atom. The maximum absolute atomic E-state index is 13.1. The average molecular weight is 422 g/mol. The van der Waals surface area contributed by atoms with E-state index in [4.69, 9.17) is 11.6 Å². The minimum atomic E-state index is -3.94. The van der Waals surface area contributed by atoms with Crippen molar-refractivity contribution in [3.63, 3.8) is 0 Å². The highest BCUT2D eigenvalue weighted by molar-refractivity contribution is 7.92. The highest BCUT2D eigenvalue weighted by Crippen LogP contribution is 2.25. The van der Waals surface area contributed by atoms with Gasteiger partial charge in [0.15, 0.2) is 0 Å². The fraction of sp³-hybridized carbons (Fsp3) is 0.300. The number of carbonyl (C=O) groups is 1. The molecule has 0 spiro atoms. The van der Waals surface area contributed by atoms with E-state index in [2.05, 4.69) is 10.5 Å². The molecule has 0 radical (unpaired) electrons. The van der Waals surface area contributed by atoms with Gasteiger partial charge in [-0.3, -0.25) is 9.10 Å². The minimum absolute atomic E-state index is 0.0945. The van der Waals surface area contributed by atoms with Gasteiger partial charge in [0, 0.05) is 10.7 Å². The summed E-state index contributed by atoms with van der Waals surface area (Å²) in [5.74, 6) is -0.308. The first kappa shape index (κ1) is 21.9. The van der Waals surface area contributed by atoms with Crippen LogP contribution in [0.2, 0.25) is 5.02 Å². The summed E-state index contributed by atoms with van der Waals surface area (Å²) in [6.07, 6.45) is 0.893. The fourth-order valence-corrected chi connectivity index (χ4v) is 3.93. The van der Waals surface area contributed by atoms with Gasteiger partial charge in [0.2, 0.25) is 0 Å². The Balaban J connectivity index is 2.32. The van der Waals surface area contributed by atoms with Crippen molar-refractivity contribution in [2.75, 3.05) is 10.8 Å². The van der Waals surface area contributed by atoms with Crippen molar-refractivity contribution in [3.05, 3.63) is 59.6 Å². The summed E-state index contributed by atoms with van der Waals surface area (Å²) in [5, 5.41) is 4.56. The van der Waals surface area contributed by atoms with Gasteiger partial charge in [-0.1, -0.05) is 43.6 Å². The lowest BCUT2D eigenvalue weighted by molar-refractivity contribution is -0.119. The molecule has 0 aliphatic rings. The molecule has 1 amide bonds. The molecular weight excluding hydrogens is 398 g/mol. The molecule has 0 aliphatic carbocycles. The van der Waals surface area contributed by atoms with Crippen molar-refractivity contribution in [3.8, 4) is 0 Å². The summed E-state index contributed by atoms with van der Waals surface area (Å²) in [4.78, 5) is 12.5. The highest BCUT2D eigenvalue weighted by Gasteiger charge is 2.27. The zero-order chi connectivity index (χ0) is 20.7. The van der Waals surface area contributed by atoms with Crippen LogP contribution in [0.5, 0.6) is 0 Å². The van der Waals surface area contributed by atoms with E-state index < -0.39 is 22.5 Å². The molecule has 6 nitrogen and oxygen atoms in total. The molecule has 150 valence electrons. The molecule has 1 atom stereocenters. The summed E-state index contributed by atoms with van der Waals surface area (Å²) < 4.78 is 27.3. The molecule has 0 bridgehead atoms. The molecule has 0 aliphatic heterocycles. The first-order valence-electron chi connectivity index (χ1n) is 8.92. The Labute approximate surface area is 171 Å². The Morgan fingerprint density at radius 3 is 2.32 bits per heavy atom. The second-order valence-electron chi connectivity index (χ2n) is 6.40. The second kappa shape index (κ2) is 9.71. The van der Waals surface area contributed by atoms with Crippen LogP contribution in [0.25, 0.3) is 0 Å². The third-order valence-corrected chi connectivity index (χ3v) is 6.46. The molecule has 2 aromatic rings. The maximum Gasteiger partial charge on any atom is 0.264 e. The van der Waals surface area contributed by atoms with Crippen molar-refractivity contribution in [1.82, 2.24) is 5.43 Å². The zero-order valence-electron chi connectivity index (χ0n) is 16.1. The van der Waals surface area contributed by atoms with Gasteiger partial charge in [-0.05, 0) is 55.7 Å². The average Bonchev–Trinajstić information content (AvgIpc) is 2.71. The van der Waals surface area contributed by atoms with Crippen molar-refractivity contribution in [2.24, 2.45) is 11.0 Å². The number of amides is 1. The van der Waals surface area contributed by atoms with Crippen molar-refractivity contribution in [1.29, 1.82) is 0 Å². The van der Waals surface area contributed by atoms with Crippen LogP contribution < -0.4 is 9.73 Å². The van der Waals surface area contributed by atoms with E-state index in [0.717, 1.165) is 16.4 Å². The van der Waals surface area contributed by atoms with Crippen LogP contribution in [0.15, 0.2) is 64.6 Å². The predicted octanol–water partition coefficient (Wildman–Crippen LogP) is 4.07. The van der Waals surface area contributed by atoms with E-state index in [1.54, 1.807) is 42.5 Å². The first-order chi connectivity index (χ1) is 13.3. The molecule has 0 saturated heterocycles. The van der Waals surface area contributed by atoms with E-state index >= 15 is 0 Å². The monoisotopic (exact) mass is 421 g/mol. The lowest BCUT2D eigenvalue weighted by atomic mass is 10.1. The Bertz CT molecular complexity index is 929. The number of carbonyl (C=O) groups excluding carboxylic acids is 1. The second-order valence-corrected chi connectivity index (χ2v) is 8.70. The molecule has 0 saturated carbocycles. The van der Waals surface area contributed by atoms with E-state index in [-0.39, 0.29) is 10.8 Å². The zero-order valence-corrected chi connectivity index (χ0v) is 17.7. The van der Waals surface area contributed by atoms with E-state index in [1.165, 1.54) is 12.1 Å². The van der Waals surface area contributed by atoms with Crippen LogP contribution in [0.3, 0.4) is 0 Å². The smallest absolute Gasteiger partial charge is 0.264 e. The van der Waals surface area contributed by atoms with Gasteiger partial charge in [-0.25, -0.2) is 13.8 Å². The van der Waals surface area contributed by atoms with Gasteiger partial charge >= 0.3 is 0 Å². The van der Waals surface area contributed by atoms with E-state index in [1.807, 2.05) is 20.8 Å². The van der Waals surface area contributed by atoms with Crippen molar-refractivity contribution < 1.29 is 13.2 Å². The number of hydrogen-bond acceptors (Lipinski definition) is 4. The first-order valence-corrected chi connectivity index (χ1v) is 10.7. The van der Waals surface area contributed by atoms with Crippen molar-refractivity contribution >= 4 is 38.9 Å². The molecule has 2 rings (SSSR count). The summed E-state index contributed by atoms with van der Waals surface area (Å²) in [7, 11) is -3.94. The van der Waals surface area contributed by atoms with E-state index in [9.17, 15) is 13.2 Å². The topological polar surface area (TPSA) is 78.8 Å². The molecule has 0 aromatic heterocycles. The molecule has 0 fully saturated rings. The van der Waals surface area contributed by atoms with Gasteiger partial charge in [-0.2, -0.15) is 5.10 Å². The Hall–Kier alpha value is -2.38. The number of hydrogen-bond donors (Lipinski definition) is 1. The Kier molecular flexibility index (Phi) is 7.60. The number of benzene rings is 2.